The van der Waals surface area contributed by atoms with E-state index in [-0.39, 0.29) is 5.91 Å². The Morgan fingerprint density at radius 3 is 2.80 bits per heavy atom. The molecule has 0 radical (unpaired) electrons. The van der Waals surface area contributed by atoms with Crippen molar-refractivity contribution in [2.24, 2.45) is 0 Å². The first-order valence-corrected chi connectivity index (χ1v) is 6.11. The summed E-state index contributed by atoms with van der Waals surface area (Å²) in [5.41, 5.74) is 2.68. The van der Waals surface area contributed by atoms with Gasteiger partial charge in [-0.05, 0) is 26.8 Å². The Labute approximate surface area is 114 Å². The maximum Gasteiger partial charge on any atom is 0.262 e. The summed E-state index contributed by atoms with van der Waals surface area (Å²) in [6, 6.07) is 3.55. The van der Waals surface area contributed by atoms with E-state index in [2.05, 4.69) is 20.6 Å². The van der Waals surface area contributed by atoms with Crippen LogP contribution in [-0.2, 0) is 0 Å². The zero-order valence-corrected chi connectivity index (χ0v) is 11.3. The summed E-state index contributed by atoms with van der Waals surface area (Å²) < 4.78 is 6.54. The molecule has 0 aliphatic carbocycles. The van der Waals surface area contributed by atoms with Gasteiger partial charge in [-0.1, -0.05) is 5.16 Å². The van der Waals surface area contributed by atoms with Gasteiger partial charge in [0.2, 0.25) is 0 Å². The summed E-state index contributed by atoms with van der Waals surface area (Å²) in [5.74, 6) is 0.687. The molecule has 102 valence electrons. The minimum Gasteiger partial charge on any atom is -0.360 e. The monoisotopic (exact) mass is 271 g/mol. The van der Waals surface area contributed by atoms with Crippen LogP contribution in [0, 0.1) is 20.8 Å². The SMILES string of the molecule is Cc1cc(C)n2ncc(C(=O)Nc3cc(C)on3)c2n1. The van der Waals surface area contributed by atoms with Crippen molar-refractivity contribution in [3.05, 3.63) is 41.0 Å². The van der Waals surface area contributed by atoms with Gasteiger partial charge in [0.05, 0.1) is 6.20 Å². The van der Waals surface area contributed by atoms with Crippen LogP contribution in [0.4, 0.5) is 5.82 Å². The van der Waals surface area contributed by atoms with Gasteiger partial charge in [0.1, 0.15) is 11.3 Å². The van der Waals surface area contributed by atoms with E-state index < -0.39 is 0 Å². The highest BCUT2D eigenvalue weighted by atomic mass is 16.5. The Morgan fingerprint density at radius 1 is 1.30 bits per heavy atom. The summed E-state index contributed by atoms with van der Waals surface area (Å²) in [4.78, 5) is 16.6. The molecule has 0 spiro atoms. The summed E-state index contributed by atoms with van der Waals surface area (Å²) in [7, 11) is 0. The number of fused-ring (bicyclic) bond motifs is 1. The third-order valence-electron chi connectivity index (χ3n) is 2.89. The van der Waals surface area contributed by atoms with E-state index in [1.165, 1.54) is 6.20 Å². The van der Waals surface area contributed by atoms with Crippen LogP contribution in [-0.4, -0.2) is 25.7 Å². The van der Waals surface area contributed by atoms with E-state index in [0.717, 1.165) is 11.4 Å². The highest BCUT2D eigenvalue weighted by molar-refractivity contribution is 6.07. The topological polar surface area (TPSA) is 85.3 Å². The average molecular weight is 271 g/mol. The van der Waals surface area contributed by atoms with Gasteiger partial charge in [0.15, 0.2) is 11.5 Å². The molecule has 3 heterocycles. The molecule has 0 aliphatic rings. The van der Waals surface area contributed by atoms with E-state index in [4.69, 9.17) is 4.52 Å². The number of nitrogens with zero attached hydrogens (tertiary/aromatic N) is 4. The lowest BCUT2D eigenvalue weighted by Crippen LogP contribution is -2.12. The second kappa shape index (κ2) is 4.44. The average Bonchev–Trinajstić information content (AvgIpc) is 2.95. The Hall–Kier alpha value is -2.70. The fraction of sp³-hybridized carbons (Fsp3) is 0.231. The Morgan fingerprint density at radius 2 is 2.10 bits per heavy atom. The molecule has 7 nitrogen and oxygen atoms in total. The van der Waals surface area contributed by atoms with E-state index in [1.54, 1.807) is 17.5 Å². The maximum atomic E-state index is 12.2. The number of hydrogen-bond donors (Lipinski definition) is 1. The van der Waals surface area contributed by atoms with Crippen LogP contribution in [0.3, 0.4) is 0 Å². The van der Waals surface area contributed by atoms with Crippen molar-refractivity contribution >= 4 is 17.4 Å². The van der Waals surface area contributed by atoms with Crippen LogP contribution in [0.1, 0.15) is 27.5 Å². The van der Waals surface area contributed by atoms with Crippen molar-refractivity contribution in [1.29, 1.82) is 0 Å². The summed E-state index contributed by atoms with van der Waals surface area (Å²) in [6.07, 6.45) is 1.50. The van der Waals surface area contributed by atoms with Crippen molar-refractivity contribution in [3.63, 3.8) is 0 Å². The van der Waals surface area contributed by atoms with Gasteiger partial charge in [-0.3, -0.25) is 4.79 Å². The molecule has 0 aliphatic heterocycles. The molecule has 0 saturated heterocycles. The summed E-state index contributed by atoms with van der Waals surface area (Å²) in [5, 5.41) is 10.6. The Kier molecular flexibility index (Phi) is 2.74. The van der Waals surface area contributed by atoms with Crippen molar-refractivity contribution < 1.29 is 9.32 Å². The predicted molar refractivity (Wildman–Crippen MR) is 71.7 cm³/mol. The van der Waals surface area contributed by atoms with E-state index in [0.29, 0.717) is 22.8 Å². The van der Waals surface area contributed by atoms with Crippen LogP contribution >= 0.6 is 0 Å². The molecule has 0 unspecified atom stereocenters. The van der Waals surface area contributed by atoms with Crippen molar-refractivity contribution in [2.75, 3.05) is 5.32 Å². The van der Waals surface area contributed by atoms with Crippen molar-refractivity contribution in [3.8, 4) is 0 Å². The second-order valence-electron chi connectivity index (χ2n) is 4.61. The van der Waals surface area contributed by atoms with Gasteiger partial charge in [0.25, 0.3) is 5.91 Å². The van der Waals surface area contributed by atoms with Crippen molar-refractivity contribution in [2.45, 2.75) is 20.8 Å². The van der Waals surface area contributed by atoms with E-state index >= 15 is 0 Å². The standard InChI is InChI=1S/C13H13N5O2/c1-7-4-8(2)18-12(15-7)10(6-14-18)13(19)16-11-5-9(3)20-17-11/h4-6H,1-3H3,(H,16,17,19). The van der Waals surface area contributed by atoms with E-state index in [9.17, 15) is 4.79 Å². The fourth-order valence-corrected chi connectivity index (χ4v) is 2.04. The minimum absolute atomic E-state index is 0.314. The Bertz CT molecular complexity index is 802. The number of anilines is 1. The molecule has 0 saturated carbocycles. The number of aryl methyl sites for hydroxylation is 3. The first kappa shape index (κ1) is 12.3. The molecule has 3 rings (SSSR count). The molecule has 20 heavy (non-hydrogen) atoms. The molecule has 3 aromatic rings. The number of rotatable bonds is 2. The highest BCUT2D eigenvalue weighted by Crippen LogP contribution is 2.14. The fourth-order valence-electron chi connectivity index (χ4n) is 2.04. The second-order valence-corrected chi connectivity index (χ2v) is 4.61. The molecule has 0 fully saturated rings. The van der Waals surface area contributed by atoms with Gasteiger partial charge in [-0.2, -0.15) is 5.10 Å². The van der Waals surface area contributed by atoms with E-state index in [1.807, 2.05) is 19.9 Å². The number of aromatic nitrogens is 4. The largest absolute Gasteiger partial charge is 0.360 e. The first-order valence-electron chi connectivity index (χ1n) is 6.11. The van der Waals surface area contributed by atoms with Crippen molar-refractivity contribution in [1.82, 2.24) is 19.8 Å². The molecule has 1 amide bonds. The number of carbonyl (C=O) groups is 1. The quantitative estimate of drug-likeness (QED) is 0.769. The van der Waals surface area contributed by atoms with Gasteiger partial charge in [-0.15, -0.1) is 0 Å². The van der Waals surface area contributed by atoms with Crippen LogP contribution < -0.4 is 5.32 Å². The lowest BCUT2D eigenvalue weighted by Gasteiger charge is -2.02. The normalized spacial score (nSPS) is 10.9. The van der Waals surface area contributed by atoms with Gasteiger partial charge in [0, 0.05) is 17.5 Å². The zero-order chi connectivity index (χ0) is 14.3. The number of hydrogen-bond acceptors (Lipinski definition) is 5. The van der Waals surface area contributed by atoms with Crippen LogP contribution in [0.25, 0.3) is 5.65 Å². The predicted octanol–water partition coefficient (Wildman–Crippen LogP) is 1.89. The molecule has 0 atom stereocenters. The summed E-state index contributed by atoms with van der Waals surface area (Å²) in [6.45, 7) is 5.55. The summed E-state index contributed by atoms with van der Waals surface area (Å²) >= 11 is 0. The smallest absolute Gasteiger partial charge is 0.262 e. The van der Waals surface area contributed by atoms with Crippen LogP contribution in [0.5, 0.6) is 0 Å². The third kappa shape index (κ3) is 2.03. The Balaban J connectivity index is 1.99. The first-order chi connectivity index (χ1) is 9.54. The van der Waals surface area contributed by atoms with Crippen LogP contribution in [0.15, 0.2) is 22.9 Å². The molecule has 0 aromatic carbocycles. The number of carbonyl (C=O) groups excluding carboxylic acids is 1. The lowest BCUT2D eigenvalue weighted by molar-refractivity contribution is 0.102. The molecular weight excluding hydrogens is 258 g/mol. The molecule has 0 bridgehead atoms. The minimum atomic E-state index is -0.314. The van der Waals surface area contributed by atoms with Crippen LogP contribution in [0.2, 0.25) is 0 Å². The maximum absolute atomic E-state index is 12.2. The van der Waals surface area contributed by atoms with Gasteiger partial charge < -0.3 is 9.84 Å². The number of nitrogens with one attached hydrogen (secondary N) is 1. The molecule has 1 N–H and O–H groups in total. The molecular formula is C13H13N5O2. The highest BCUT2D eigenvalue weighted by Gasteiger charge is 2.16. The van der Waals surface area contributed by atoms with Gasteiger partial charge in [-0.25, -0.2) is 9.50 Å². The molecule has 3 aromatic heterocycles. The zero-order valence-electron chi connectivity index (χ0n) is 11.3. The third-order valence-corrected chi connectivity index (χ3v) is 2.89. The molecule has 7 heteroatoms. The lowest BCUT2D eigenvalue weighted by atomic mass is 10.3. The number of amides is 1. The van der Waals surface area contributed by atoms with Gasteiger partial charge >= 0.3 is 0 Å².